The third-order valence-electron chi connectivity index (χ3n) is 6.43. The normalized spacial score (nSPS) is 15.6. The second-order valence-electron chi connectivity index (χ2n) is 9.19. The van der Waals surface area contributed by atoms with Gasteiger partial charge in [0, 0.05) is 49.9 Å². The van der Waals surface area contributed by atoms with Crippen LogP contribution in [0.25, 0.3) is 0 Å². The number of anilines is 1. The lowest BCUT2D eigenvalue weighted by molar-refractivity contribution is 0.0949. The van der Waals surface area contributed by atoms with Crippen LogP contribution in [0, 0.1) is 0 Å². The number of likely N-dealkylation sites (N-methyl/N-ethyl adjacent to an activating group) is 1. The topological polar surface area (TPSA) is 64.7 Å². The molecule has 35 heavy (non-hydrogen) atoms. The number of para-hydroxylation sites is 1. The van der Waals surface area contributed by atoms with Crippen LogP contribution in [-0.4, -0.2) is 55.0 Å². The van der Waals surface area contributed by atoms with Crippen LogP contribution < -0.4 is 10.6 Å². The van der Waals surface area contributed by atoms with Crippen molar-refractivity contribution in [1.29, 1.82) is 0 Å². The number of urea groups is 1. The number of nitrogens with one attached hydrogen (secondary N) is 2. The Morgan fingerprint density at radius 1 is 0.971 bits per heavy atom. The third kappa shape index (κ3) is 7.17. The molecule has 0 aliphatic carbocycles. The van der Waals surface area contributed by atoms with Gasteiger partial charge in [-0.3, -0.25) is 4.79 Å². The van der Waals surface area contributed by atoms with Gasteiger partial charge in [-0.05, 0) is 55.3 Å². The van der Waals surface area contributed by atoms with E-state index in [-0.39, 0.29) is 17.9 Å². The number of benzene rings is 3. The fraction of sp³-hybridized carbons (Fsp3) is 0.310. The number of carbonyl (C=O) groups is 2. The predicted octanol–water partition coefficient (Wildman–Crippen LogP) is 4.96. The Labute approximate surface area is 207 Å². The number of amides is 3. The lowest BCUT2D eigenvalue weighted by Crippen LogP contribution is -2.41. The van der Waals surface area contributed by atoms with Crippen molar-refractivity contribution >= 4 is 17.6 Å². The highest BCUT2D eigenvalue weighted by atomic mass is 16.2. The van der Waals surface area contributed by atoms with E-state index in [1.807, 2.05) is 71.6 Å². The molecule has 4 rings (SSSR count). The van der Waals surface area contributed by atoms with E-state index in [1.165, 1.54) is 5.56 Å². The molecule has 0 unspecified atom stereocenters. The summed E-state index contributed by atoms with van der Waals surface area (Å²) in [6.45, 7) is 3.60. The number of piperidine rings is 1. The Balaban J connectivity index is 1.28. The molecule has 1 aliphatic heterocycles. The molecule has 3 aromatic rings. The molecule has 1 fully saturated rings. The molecule has 1 atom stereocenters. The van der Waals surface area contributed by atoms with Crippen LogP contribution in [0.4, 0.5) is 10.5 Å². The maximum Gasteiger partial charge on any atom is 0.321 e. The van der Waals surface area contributed by atoms with Crippen LogP contribution in [0.15, 0.2) is 84.9 Å². The molecule has 182 valence electrons. The van der Waals surface area contributed by atoms with Crippen LogP contribution in [0.1, 0.15) is 40.2 Å². The van der Waals surface area contributed by atoms with Crippen molar-refractivity contribution in [3.8, 4) is 0 Å². The van der Waals surface area contributed by atoms with Gasteiger partial charge in [0.25, 0.3) is 5.91 Å². The van der Waals surface area contributed by atoms with Gasteiger partial charge in [0.15, 0.2) is 0 Å². The highest BCUT2D eigenvalue weighted by Gasteiger charge is 2.25. The molecule has 0 spiro atoms. The van der Waals surface area contributed by atoms with Crippen molar-refractivity contribution in [2.24, 2.45) is 0 Å². The van der Waals surface area contributed by atoms with E-state index in [9.17, 15) is 9.59 Å². The summed E-state index contributed by atoms with van der Waals surface area (Å²) in [5.41, 5.74) is 3.83. The first-order valence-electron chi connectivity index (χ1n) is 12.3. The molecule has 1 heterocycles. The lowest BCUT2D eigenvalue weighted by atomic mass is 9.89. The Bertz CT molecular complexity index is 1100. The van der Waals surface area contributed by atoms with Crippen molar-refractivity contribution in [1.82, 2.24) is 15.1 Å². The zero-order chi connectivity index (χ0) is 24.5. The minimum absolute atomic E-state index is 0.0607. The molecular formula is C29H34N4O2. The maximum atomic E-state index is 12.8. The summed E-state index contributed by atoms with van der Waals surface area (Å²) in [5, 5.41) is 6.02. The van der Waals surface area contributed by atoms with Gasteiger partial charge in [0.1, 0.15) is 0 Å². The van der Waals surface area contributed by atoms with Crippen LogP contribution in [-0.2, 0) is 6.54 Å². The first kappa shape index (κ1) is 24.5. The number of likely N-dealkylation sites (tertiary alicyclic amines) is 1. The van der Waals surface area contributed by atoms with Gasteiger partial charge in [0.2, 0.25) is 0 Å². The molecule has 2 N–H and O–H groups in total. The lowest BCUT2D eigenvalue weighted by Gasteiger charge is -2.33. The van der Waals surface area contributed by atoms with Gasteiger partial charge in [0.05, 0.1) is 0 Å². The zero-order valence-electron chi connectivity index (χ0n) is 20.3. The van der Waals surface area contributed by atoms with Crippen molar-refractivity contribution < 1.29 is 9.59 Å². The maximum absolute atomic E-state index is 12.8. The van der Waals surface area contributed by atoms with E-state index in [0.29, 0.717) is 18.7 Å². The molecule has 0 aromatic heterocycles. The highest BCUT2D eigenvalue weighted by molar-refractivity contribution is 5.94. The Morgan fingerprint density at radius 3 is 2.49 bits per heavy atom. The Hall–Kier alpha value is -3.64. The summed E-state index contributed by atoms with van der Waals surface area (Å²) >= 11 is 0. The average Bonchev–Trinajstić information content (AvgIpc) is 2.90. The minimum atomic E-state index is -0.0746. The fourth-order valence-electron chi connectivity index (χ4n) is 4.53. The zero-order valence-corrected chi connectivity index (χ0v) is 20.3. The van der Waals surface area contributed by atoms with Crippen LogP contribution in [0.2, 0.25) is 0 Å². The number of rotatable bonds is 8. The molecule has 3 aromatic carbocycles. The standard InChI is InChI=1S/C29H34N4O2/c1-32(21-23-10-4-2-5-11-23)19-17-30-28(34)25-13-8-12-24(20-25)26-14-9-18-33(22-26)29(35)31-27-15-6-3-7-16-27/h2-8,10-13,15-16,20,26H,9,14,17-19,21-22H2,1H3,(H,30,34)(H,31,35)/t26-/m0/s1. The second-order valence-corrected chi connectivity index (χ2v) is 9.19. The largest absolute Gasteiger partial charge is 0.351 e. The SMILES string of the molecule is CN(CCNC(=O)c1cccc([C@H]2CCCN(C(=O)Nc3ccccc3)C2)c1)Cc1ccccc1. The van der Waals surface area contributed by atoms with Gasteiger partial charge in [-0.15, -0.1) is 0 Å². The Kier molecular flexibility index (Phi) is 8.52. The number of nitrogens with zero attached hydrogens (tertiary/aromatic N) is 2. The Morgan fingerprint density at radius 2 is 1.71 bits per heavy atom. The first-order chi connectivity index (χ1) is 17.1. The average molecular weight is 471 g/mol. The van der Waals surface area contributed by atoms with Crippen LogP contribution in [0.3, 0.4) is 0 Å². The van der Waals surface area contributed by atoms with Crippen molar-refractivity contribution in [3.63, 3.8) is 0 Å². The molecular weight excluding hydrogens is 436 g/mol. The number of hydrogen-bond acceptors (Lipinski definition) is 3. The summed E-state index contributed by atoms with van der Waals surface area (Å²) in [6, 6.07) is 27.6. The van der Waals surface area contributed by atoms with Crippen LogP contribution >= 0.6 is 0 Å². The molecule has 1 aliphatic rings. The number of carbonyl (C=O) groups excluding carboxylic acids is 2. The smallest absolute Gasteiger partial charge is 0.321 e. The van der Waals surface area contributed by atoms with Gasteiger partial charge in [-0.25, -0.2) is 4.79 Å². The van der Waals surface area contributed by atoms with E-state index >= 15 is 0 Å². The summed E-state index contributed by atoms with van der Waals surface area (Å²) in [4.78, 5) is 29.6. The summed E-state index contributed by atoms with van der Waals surface area (Å²) in [7, 11) is 2.06. The van der Waals surface area contributed by atoms with Crippen molar-refractivity contribution in [2.45, 2.75) is 25.3 Å². The van der Waals surface area contributed by atoms with Crippen molar-refractivity contribution in [2.75, 3.05) is 38.5 Å². The summed E-state index contributed by atoms with van der Waals surface area (Å²) in [6.07, 6.45) is 1.95. The highest BCUT2D eigenvalue weighted by Crippen LogP contribution is 2.28. The first-order valence-corrected chi connectivity index (χ1v) is 12.3. The van der Waals surface area contributed by atoms with Crippen LogP contribution in [0.5, 0.6) is 0 Å². The quantitative estimate of drug-likeness (QED) is 0.489. The molecule has 0 saturated carbocycles. The second kappa shape index (κ2) is 12.2. The van der Waals surface area contributed by atoms with E-state index in [2.05, 4.69) is 40.8 Å². The minimum Gasteiger partial charge on any atom is -0.351 e. The molecule has 6 nitrogen and oxygen atoms in total. The van der Waals surface area contributed by atoms with Gasteiger partial charge >= 0.3 is 6.03 Å². The van der Waals surface area contributed by atoms with Crippen molar-refractivity contribution in [3.05, 3.63) is 102 Å². The monoisotopic (exact) mass is 470 g/mol. The van der Waals surface area contributed by atoms with E-state index < -0.39 is 0 Å². The fourth-order valence-corrected chi connectivity index (χ4v) is 4.53. The molecule has 1 saturated heterocycles. The van der Waals surface area contributed by atoms with E-state index in [4.69, 9.17) is 0 Å². The number of hydrogen-bond donors (Lipinski definition) is 2. The molecule has 3 amide bonds. The van der Waals surface area contributed by atoms with Gasteiger partial charge in [-0.2, -0.15) is 0 Å². The summed E-state index contributed by atoms with van der Waals surface area (Å²) in [5.74, 6) is 0.157. The van der Waals surface area contributed by atoms with Gasteiger partial charge < -0.3 is 20.4 Å². The summed E-state index contributed by atoms with van der Waals surface area (Å²) < 4.78 is 0. The van der Waals surface area contributed by atoms with E-state index in [0.717, 1.165) is 43.7 Å². The third-order valence-corrected chi connectivity index (χ3v) is 6.43. The molecule has 0 bridgehead atoms. The molecule has 0 radical (unpaired) electrons. The van der Waals surface area contributed by atoms with Gasteiger partial charge in [-0.1, -0.05) is 60.7 Å². The molecule has 6 heteroatoms. The van der Waals surface area contributed by atoms with E-state index in [1.54, 1.807) is 0 Å². The predicted molar refractivity (Wildman–Crippen MR) is 141 cm³/mol.